The molecule has 1 aliphatic carbocycles. The molecular weight excluding hydrogens is 348 g/mol. The number of amides is 4. The lowest BCUT2D eigenvalue weighted by molar-refractivity contribution is -0.135. The van der Waals surface area contributed by atoms with Gasteiger partial charge in [0.05, 0.1) is 0 Å². The van der Waals surface area contributed by atoms with E-state index in [1.807, 2.05) is 0 Å². The topological polar surface area (TPSA) is 96.3 Å². The lowest BCUT2D eigenvalue weighted by Crippen LogP contribution is -2.49. The Morgan fingerprint density at radius 3 is 2.73 bits per heavy atom. The van der Waals surface area contributed by atoms with Crippen LogP contribution in [-0.4, -0.2) is 50.9 Å². The molecule has 26 heavy (non-hydrogen) atoms. The van der Waals surface area contributed by atoms with E-state index in [2.05, 4.69) is 15.6 Å². The van der Waals surface area contributed by atoms with Gasteiger partial charge in [-0.2, -0.15) is 8.78 Å². The fraction of sp³-hybridized carbons (Fsp3) is 0.625. The second-order valence-corrected chi connectivity index (χ2v) is 6.59. The molecule has 1 aromatic rings. The van der Waals surface area contributed by atoms with Crippen molar-refractivity contribution in [3.05, 3.63) is 18.2 Å². The van der Waals surface area contributed by atoms with Crippen LogP contribution in [0.15, 0.2) is 12.4 Å². The van der Waals surface area contributed by atoms with E-state index in [0.717, 1.165) is 28.7 Å². The molecule has 1 spiro atoms. The third kappa shape index (κ3) is 3.54. The normalized spacial score (nSPS) is 19.3. The number of carbonyl (C=O) groups excluding carboxylic acids is 3. The molecule has 2 N–H and O–H groups in total. The zero-order valence-corrected chi connectivity index (χ0v) is 14.2. The monoisotopic (exact) mass is 369 g/mol. The number of rotatable bonds is 6. The number of imidazole rings is 1. The van der Waals surface area contributed by atoms with Crippen LogP contribution in [0, 0.1) is 0 Å². The van der Waals surface area contributed by atoms with Crippen molar-refractivity contribution >= 4 is 17.8 Å². The number of alkyl halides is 2. The summed E-state index contributed by atoms with van der Waals surface area (Å²) in [4.78, 5) is 41.5. The number of imide groups is 1. The molecule has 1 saturated heterocycles. The van der Waals surface area contributed by atoms with E-state index in [1.54, 1.807) is 0 Å². The minimum absolute atomic E-state index is 0.0807. The minimum atomic E-state index is -2.69. The van der Waals surface area contributed by atoms with Crippen LogP contribution in [0.2, 0.25) is 0 Å². The van der Waals surface area contributed by atoms with Gasteiger partial charge < -0.3 is 10.6 Å². The molecule has 0 unspecified atom stereocenters. The Labute approximate surface area is 148 Å². The van der Waals surface area contributed by atoms with Crippen LogP contribution in [0.3, 0.4) is 0 Å². The van der Waals surface area contributed by atoms with Crippen LogP contribution in [0.1, 0.15) is 44.5 Å². The highest BCUT2D eigenvalue weighted by atomic mass is 19.3. The molecule has 142 valence electrons. The van der Waals surface area contributed by atoms with Crippen molar-refractivity contribution in [2.75, 3.05) is 13.1 Å². The quantitative estimate of drug-likeness (QED) is 0.736. The summed E-state index contributed by atoms with van der Waals surface area (Å²) < 4.78 is 26.2. The number of hydrogen-bond acceptors (Lipinski definition) is 4. The molecule has 10 heteroatoms. The molecule has 2 fully saturated rings. The summed E-state index contributed by atoms with van der Waals surface area (Å²) >= 11 is 0. The van der Waals surface area contributed by atoms with Gasteiger partial charge in [0.25, 0.3) is 5.91 Å². The molecule has 0 aromatic carbocycles. The molecule has 0 atom stereocenters. The zero-order chi connectivity index (χ0) is 18.7. The van der Waals surface area contributed by atoms with Crippen molar-refractivity contribution in [2.24, 2.45) is 0 Å². The van der Waals surface area contributed by atoms with Crippen molar-refractivity contribution in [1.82, 2.24) is 25.1 Å². The predicted molar refractivity (Wildman–Crippen MR) is 86.3 cm³/mol. The first-order valence-corrected chi connectivity index (χ1v) is 8.64. The Balaban J connectivity index is 1.51. The number of carbonyl (C=O) groups is 3. The average Bonchev–Trinajstić information content (AvgIpc) is 3.15. The SMILES string of the molecule is O=C(CN1C(=O)NC2(CCCCC2)C1=O)NCCc1nccn1C(F)F. The Morgan fingerprint density at radius 1 is 1.31 bits per heavy atom. The number of nitrogens with zero attached hydrogens (tertiary/aromatic N) is 3. The Kier molecular flexibility index (Phi) is 5.19. The van der Waals surface area contributed by atoms with Gasteiger partial charge in [0.1, 0.15) is 17.9 Å². The highest BCUT2D eigenvalue weighted by Crippen LogP contribution is 2.33. The number of urea groups is 1. The molecule has 1 aliphatic heterocycles. The highest BCUT2D eigenvalue weighted by molar-refractivity contribution is 6.09. The standard InChI is InChI=1S/C16H21F2N5O3/c17-14(18)22-9-8-19-11(22)4-7-20-12(24)10-23-13(25)16(21-15(23)26)5-2-1-3-6-16/h8-9,14H,1-7,10H2,(H,20,24)(H,21,26). The van der Waals surface area contributed by atoms with Crippen molar-refractivity contribution in [1.29, 1.82) is 0 Å². The van der Waals surface area contributed by atoms with Gasteiger partial charge >= 0.3 is 12.6 Å². The van der Waals surface area contributed by atoms with Crippen LogP contribution in [-0.2, 0) is 16.0 Å². The van der Waals surface area contributed by atoms with E-state index in [4.69, 9.17) is 0 Å². The largest absolute Gasteiger partial charge is 0.354 e. The summed E-state index contributed by atoms with van der Waals surface area (Å²) in [6.07, 6.45) is 6.48. The second kappa shape index (κ2) is 7.38. The fourth-order valence-corrected chi connectivity index (χ4v) is 3.54. The van der Waals surface area contributed by atoms with Gasteiger partial charge in [-0.15, -0.1) is 0 Å². The van der Waals surface area contributed by atoms with Crippen molar-refractivity contribution in [3.8, 4) is 0 Å². The van der Waals surface area contributed by atoms with Crippen LogP contribution in [0.5, 0.6) is 0 Å². The minimum Gasteiger partial charge on any atom is -0.354 e. The number of hydrogen-bond donors (Lipinski definition) is 2. The molecule has 0 radical (unpaired) electrons. The molecule has 0 bridgehead atoms. The summed E-state index contributed by atoms with van der Waals surface area (Å²) in [5.74, 6) is -0.724. The van der Waals surface area contributed by atoms with Gasteiger partial charge in [0.15, 0.2) is 0 Å². The van der Waals surface area contributed by atoms with Gasteiger partial charge in [0.2, 0.25) is 5.91 Å². The third-order valence-corrected chi connectivity index (χ3v) is 4.88. The lowest BCUT2D eigenvalue weighted by Gasteiger charge is -2.30. The number of aromatic nitrogens is 2. The molecule has 2 aliphatic rings. The van der Waals surface area contributed by atoms with Gasteiger partial charge in [0, 0.05) is 25.4 Å². The maximum atomic E-state index is 12.7. The van der Waals surface area contributed by atoms with Gasteiger partial charge in [-0.1, -0.05) is 19.3 Å². The summed E-state index contributed by atoms with van der Waals surface area (Å²) in [6.45, 7) is -2.99. The van der Waals surface area contributed by atoms with E-state index in [9.17, 15) is 23.2 Å². The average molecular weight is 369 g/mol. The maximum absolute atomic E-state index is 12.7. The van der Waals surface area contributed by atoms with E-state index in [1.165, 1.54) is 12.4 Å². The maximum Gasteiger partial charge on any atom is 0.325 e. The first-order valence-electron chi connectivity index (χ1n) is 8.64. The van der Waals surface area contributed by atoms with Gasteiger partial charge in [-0.05, 0) is 12.8 Å². The number of nitrogens with one attached hydrogen (secondary N) is 2. The Bertz CT molecular complexity index is 700. The highest BCUT2D eigenvalue weighted by Gasteiger charge is 2.51. The third-order valence-electron chi connectivity index (χ3n) is 4.88. The van der Waals surface area contributed by atoms with E-state index in [0.29, 0.717) is 12.8 Å². The Morgan fingerprint density at radius 2 is 2.04 bits per heavy atom. The van der Waals surface area contributed by atoms with E-state index >= 15 is 0 Å². The summed E-state index contributed by atoms with van der Waals surface area (Å²) in [5, 5.41) is 5.27. The van der Waals surface area contributed by atoms with Crippen molar-refractivity contribution < 1.29 is 23.2 Å². The van der Waals surface area contributed by atoms with Crippen LogP contribution in [0.25, 0.3) is 0 Å². The first-order chi connectivity index (χ1) is 12.4. The molecule has 3 rings (SSSR count). The lowest BCUT2D eigenvalue weighted by atomic mass is 9.82. The molecule has 8 nitrogen and oxygen atoms in total. The summed E-state index contributed by atoms with van der Waals surface area (Å²) in [7, 11) is 0. The van der Waals surface area contributed by atoms with Crippen LogP contribution >= 0.6 is 0 Å². The first kappa shape index (κ1) is 18.3. The van der Waals surface area contributed by atoms with Gasteiger partial charge in [-0.3, -0.25) is 19.1 Å². The molecule has 1 saturated carbocycles. The van der Waals surface area contributed by atoms with Crippen LogP contribution in [0.4, 0.5) is 13.6 Å². The molecule has 1 aromatic heterocycles. The molecule has 4 amide bonds. The second-order valence-electron chi connectivity index (χ2n) is 6.59. The Hall–Kier alpha value is -2.52. The molecule has 2 heterocycles. The molecular formula is C16H21F2N5O3. The van der Waals surface area contributed by atoms with Gasteiger partial charge in [-0.25, -0.2) is 9.78 Å². The summed E-state index contributed by atoms with van der Waals surface area (Å²) in [6, 6.07) is -0.555. The number of halogens is 2. The zero-order valence-electron chi connectivity index (χ0n) is 14.2. The predicted octanol–water partition coefficient (Wildman–Crippen LogP) is 1.19. The summed E-state index contributed by atoms with van der Waals surface area (Å²) in [5.41, 5.74) is -0.863. The van der Waals surface area contributed by atoms with E-state index in [-0.39, 0.29) is 31.2 Å². The fourth-order valence-electron chi connectivity index (χ4n) is 3.54. The smallest absolute Gasteiger partial charge is 0.325 e. The van der Waals surface area contributed by atoms with Crippen molar-refractivity contribution in [2.45, 2.75) is 50.6 Å². The van der Waals surface area contributed by atoms with Crippen molar-refractivity contribution in [3.63, 3.8) is 0 Å². The van der Waals surface area contributed by atoms with E-state index < -0.39 is 24.0 Å². The van der Waals surface area contributed by atoms with Crippen LogP contribution < -0.4 is 10.6 Å².